The zero-order valence-electron chi connectivity index (χ0n) is 10.9. The van der Waals surface area contributed by atoms with Gasteiger partial charge in [0.25, 0.3) is 10.0 Å². The molecule has 0 aliphatic heterocycles. The van der Waals surface area contributed by atoms with Gasteiger partial charge in [0.2, 0.25) is 0 Å². The number of benzene rings is 1. The van der Waals surface area contributed by atoms with Crippen LogP contribution in [0.15, 0.2) is 41.7 Å². The first-order valence-corrected chi connectivity index (χ1v) is 7.46. The lowest BCUT2D eigenvalue weighted by Gasteiger charge is -2.11. The largest absolute Gasteiger partial charge is 0.390 e. The van der Waals surface area contributed by atoms with Crippen LogP contribution in [0.3, 0.4) is 0 Å². The number of aromatic nitrogens is 2. The molecule has 0 saturated carbocycles. The Balaban J connectivity index is 2.40. The van der Waals surface area contributed by atoms with Crippen molar-refractivity contribution in [3.63, 3.8) is 0 Å². The SMILES string of the molecule is Cc1ccc(S(=O)(=O)n2cncc2CC(O)CF)cc1. The minimum absolute atomic E-state index is 0.110. The molecule has 0 bridgehead atoms. The number of aliphatic hydroxyl groups is 1. The van der Waals surface area contributed by atoms with Crippen LogP contribution in [-0.4, -0.2) is 35.3 Å². The molecule has 0 radical (unpaired) electrons. The molecule has 0 amide bonds. The Kier molecular flexibility index (Phi) is 4.20. The summed E-state index contributed by atoms with van der Waals surface area (Å²) in [5.74, 6) is 0. The summed E-state index contributed by atoms with van der Waals surface area (Å²) in [6, 6.07) is 6.39. The first-order valence-electron chi connectivity index (χ1n) is 6.02. The third kappa shape index (κ3) is 2.88. The Morgan fingerprint density at radius 1 is 1.35 bits per heavy atom. The monoisotopic (exact) mass is 298 g/mol. The topological polar surface area (TPSA) is 72.2 Å². The van der Waals surface area contributed by atoms with E-state index in [0.29, 0.717) is 0 Å². The summed E-state index contributed by atoms with van der Waals surface area (Å²) in [7, 11) is -3.78. The lowest BCUT2D eigenvalue weighted by molar-refractivity contribution is 0.139. The molecular formula is C13H15FN2O3S. The molecule has 2 aromatic rings. The maximum absolute atomic E-state index is 12.4. The second kappa shape index (κ2) is 5.72. The molecule has 7 heteroatoms. The molecule has 1 aromatic carbocycles. The van der Waals surface area contributed by atoms with E-state index in [-0.39, 0.29) is 17.0 Å². The van der Waals surface area contributed by atoms with Crippen molar-refractivity contribution in [3.05, 3.63) is 48.0 Å². The Bertz CT molecular complexity index is 680. The van der Waals surface area contributed by atoms with E-state index in [0.717, 1.165) is 15.9 Å². The van der Waals surface area contributed by atoms with Crippen molar-refractivity contribution in [2.75, 3.05) is 6.67 Å². The number of rotatable bonds is 5. The molecule has 20 heavy (non-hydrogen) atoms. The van der Waals surface area contributed by atoms with Gasteiger partial charge in [0, 0.05) is 12.6 Å². The van der Waals surface area contributed by atoms with Crippen molar-refractivity contribution in [1.29, 1.82) is 0 Å². The predicted octanol–water partition coefficient (Wildman–Crippen LogP) is 1.30. The molecule has 5 nitrogen and oxygen atoms in total. The Labute approximate surface area is 116 Å². The number of halogens is 1. The van der Waals surface area contributed by atoms with E-state index in [2.05, 4.69) is 4.98 Å². The van der Waals surface area contributed by atoms with Crippen molar-refractivity contribution in [2.45, 2.75) is 24.3 Å². The summed E-state index contributed by atoms with van der Waals surface area (Å²) < 4.78 is 38.2. The van der Waals surface area contributed by atoms with Gasteiger partial charge in [0.05, 0.1) is 16.7 Å². The molecular weight excluding hydrogens is 283 g/mol. The van der Waals surface area contributed by atoms with Crippen LogP contribution in [-0.2, 0) is 16.4 Å². The Hall–Kier alpha value is -1.73. The van der Waals surface area contributed by atoms with Gasteiger partial charge in [-0.25, -0.2) is 21.8 Å². The van der Waals surface area contributed by atoms with E-state index in [9.17, 15) is 17.9 Å². The van der Waals surface area contributed by atoms with Crippen LogP contribution >= 0.6 is 0 Å². The maximum atomic E-state index is 12.4. The molecule has 1 aromatic heterocycles. The van der Waals surface area contributed by atoms with E-state index < -0.39 is 22.8 Å². The average molecular weight is 298 g/mol. The highest BCUT2D eigenvalue weighted by atomic mass is 32.2. The van der Waals surface area contributed by atoms with E-state index in [4.69, 9.17) is 0 Å². The van der Waals surface area contributed by atoms with Gasteiger partial charge in [0.15, 0.2) is 0 Å². The fraction of sp³-hybridized carbons (Fsp3) is 0.308. The van der Waals surface area contributed by atoms with E-state index in [1.807, 2.05) is 6.92 Å². The summed E-state index contributed by atoms with van der Waals surface area (Å²) in [6.45, 7) is 0.923. The summed E-state index contributed by atoms with van der Waals surface area (Å²) in [5, 5.41) is 9.32. The van der Waals surface area contributed by atoms with Crippen LogP contribution < -0.4 is 0 Å². The molecule has 0 aliphatic rings. The smallest absolute Gasteiger partial charge is 0.269 e. The van der Waals surface area contributed by atoms with Crippen LogP contribution in [0.1, 0.15) is 11.3 Å². The standard InChI is InChI=1S/C13H15FN2O3S/c1-10-2-4-13(5-3-10)20(18,19)16-9-15-8-11(16)6-12(17)7-14/h2-5,8-9,12,17H,6-7H2,1H3. The third-order valence-electron chi connectivity index (χ3n) is 2.88. The molecule has 2 rings (SSSR count). The zero-order chi connectivity index (χ0) is 14.8. The van der Waals surface area contributed by atoms with E-state index in [1.165, 1.54) is 18.3 Å². The quantitative estimate of drug-likeness (QED) is 0.903. The van der Waals surface area contributed by atoms with Crippen LogP contribution in [0.4, 0.5) is 4.39 Å². The number of nitrogens with zero attached hydrogens (tertiary/aromatic N) is 2. The number of aryl methyl sites for hydroxylation is 1. The van der Waals surface area contributed by atoms with Gasteiger partial charge in [-0.1, -0.05) is 17.7 Å². The molecule has 108 valence electrons. The molecule has 0 spiro atoms. The molecule has 1 atom stereocenters. The van der Waals surface area contributed by atoms with E-state index >= 15 is 0 Å². The Morgan fingerprint density at radius 2 is 2.00 bits per heavy atom. The van der Waals surface area contributed by atoms with Gasteiger partial charge < -0.3 is 5.11 Å². The minimum Gasteiger partial charge on any atom is -0.390 e. The summed E-state index contributed by atoms with van der Waals surface area (Å²) >= 11 is 0. The summed E-state index contributed by atoms with van der Waals surface area (Å²) in [5.41, 5.74) is 1.19. The number of aliphatic hydroxyl groups excluding tert-OH is 1. The van der Waals surface area contributed by atoms with Crippen LogP contribution in [0.25, 0.3) is 0 Å². The fourth-order valence-corrected chi connectivity index (χ4v) is 3.11. The minimum atomic E-state index is -3.78. The maximum Gasteiger partial charge on any atom is 0.269 e. The zero-order valence-corrected chi connectivity index (χ0v) is 11.7. The first-order chi connectivity index (χ1) is 9.45. The highest BCUT2D eigenvalue weighted by Crippen LogP contribution is 2.17. The number of hydrogen-bond donors (Lipinski definition) is 1. The average Bonchev–Trinajstić information content (AvgIpc) is 2.88. The lowest BCUT2D eigenvalue weighted by atomic mass is 10.2. The normalized spacial score (nSPS) is 13.3. The molecule has 0 aliphatic carbocycles. The predicted molar refractivity (Wildman–Crippen MR) is 71.7 cm³/mol. The van der Waals surface area contributed by atoms with Gasteiger partial charge in [-0.2, -0.15) is 0 Å². The number of alkyl halides is 1. The summed E-state index contributed by atoms with van der Waals surface area (Å²) in [6.07, 6.45) is 1.11. The van der Waals surface area contributed by atoms with Gasteiger partial charge in [0.1, 0.15) is 13.0 Å². The molecule has 0 saturated heterocycles. The fourth-order valence-electron chi connectivity index (χ4n) is 1.79. The molecule has 1 unspecified atom stereocenters. The van der Waals surface area contributed by atoms with Crippen molar-refractivity contribution in [1.82, 2.24) is 8.96 Å². The van der Waals surface area contributed by atoms with Gasteiger partial charge in [-0.3, -0.25) is 0 Å². The van der Waals surface area contributed by atoms with Crippen LogP contribution in [0, 0.1) is 6.92 Å². The second-order valence-electron chi connectivity index (χ2n) is 4.51. The van der Waals surface area contributed by atoms with Gasteiger partial charge >= 0.3 is 0 Å². The molecule has 0 fully saturated rings. The van der Waals surface area contributed by atoms with E-state index in [1.54, 1.807) is 12.1 Å². The lowest BCUT2D eigenvalue weighted by Crippen LogP contribution is -2.20. The van der Waals surface area contributed by atoms with Gasteiger partial charge in [-0.05, 0) is 19.1 Å². The van der Waals surface area contributed by atoms with Crippen molar-refractivity contribution in [3.8, 4) is 0 Å². The third-order valence-corrected chi connectivity index (χ3v) is 4.59. The van der Waals surface area contributed by atoms with Gasteiger partial charge in [-0.15, -0.1) is 0 Å². The summed E-state index contributed by atoms with van der Waals surface area (Å²) in [4.78, 5) is 3.89. The Morgan fingerprint density at radius 3 is 2.60 bits per heavy atom. The van der Waals surface area contributed by atoms with Crippen molar-refractivity contribution >= 4 is 10.0 Å². The number of imidazole rings is 1. The molecule has 1 N–H and O–H groups in total. The highest BCUT2D eigenvalue weighted by molar-refractivity contribution is 7.90. The van der Waals surface area contributed by atoms with Crippen LogP contribution in [0.5, 0.6) is 0 Å². The molecule has 1 heterocycles. The highest BCUT2D eigenvalue weighted by Gasteiger charge is 2.21. The number of hydrogen-bond acceptors (Lipinski definition) is 4. The van der Waals surface area contributed by atoms with Crippen molar-refractivity contribution in [2.24, 2.45) is 0 Å². The second-order valence-corrected chi connectivity index (χ2v) is 6.33. The van der Waals surface area contributed by atoms with Crippen molar-refractivity contribution < 1.29 is 17.9 Å². The van der Waals surface area contributed by atoms with Crippen LogP contribution in [0.2, 0.25) is 0 Å². The first kappa shape index (κ1) is 14.7.